The molecule has 4 heteroatoms. The number of piperidine rings is 1. The van der Waals surface area contributed by atoms with E-state index in [1.807, 2.05) is 18.2 Å². The van der Waals surface area contributed by atoms with Crippen LogP contribution in [-0.4, -0.2) is 42.6 Å². The van der Waals surface area contributed by atoms with Gasteiger partial charge < -0.3 is 15.0 Å². The van der Waals surface area contributed by atoms with Gasteiger partial charge in [0.25, 0.3) is 0 Å². The van der Waals surface area contributed by atoms with E-state index in [0.29, 0.717) is 12.6 Å². The van der Waals surface area contributed by atoms with Crippen LogP contribution in [-0.2, 0) is 11.2 Å². The summed E-state index contributed by atoms with van der Waals surface area (Å²) in [5, 5.41) is 3.11. The second-order valence-corrected chi connectivity index (χ2v) is 7.04. The van der Waals surface area contributed by atoms with Crippen molar-refractivity contribution >= 4 is 5.91 Å². The molecule has 2 heterocycles. The number of carbonyl (C=O) groups is 1. The van der Waals surface area contributed by atoms with Crippen molar-refractivity contribution in [3.05, 3.63) is 29.8 Å². The zero-order valence-corrected chi connectivity index (χ0v) is 14.3. The predicted molar refractivity (Wildman–Crippen MR) is 91.6 cm³/mol. The van der Waals surface area contributed by atoms with Crippen molar-refractivity contribution in [3.8, 4) is 5.75 Å². The summed E-state index contributed by atoms with van der Waals surface area (Å²) in [5.41, 5.74) is 1.27. The predicted octanol–water partition coefficient (Wildman–Crippen LogP) is 2.62. The number of amides is 1. The van der Waals surface area contributed by atoms with Crippen LogP contribution in [0.4, 0.5) is 0 Å². The lowest BCUT2D eigenvalue weighted by molar-refractivity contribution is -0.127. The zero-order chi connectivity index (χ0) is 16.2. The normalized spacial score (nSPS) is 22.5. The van der Waals surface area contributed by atoms with Crippen molar-refractivity contribution in [1.29, 1.82) is 0 Å². The van der Waals surface area contributed by atoms with E-state index < -0.39 is 0 Å². The highest BCUT2D eigenvalue weighted by Gasteiger charge is 2.27. The summed E-state index contributed by atoms with van der Waals surface area (Å²) in [5.74, 6) is 1.35. The molecule has 0 radical (unpaired) electrons. The summed E-state index contributed by atoms with van der Waals surface area (Å²) in [6.07, 6.45) is 4.05. The molecule has 3 rings (SSSR count). The molecule has 0 aromatic heterocycles. The largest absolute Gasteiger partial charge is 0.488 e. The Balaban J connectivity index is 1.44. The Kier molecular flexibility index (Phi) is 5.21. The SMILES string of the molecule is CC(C)N1CCC(C(=O)NC[C@H]2CCc3ccccc3O2)CC1. The molecule has 0 bridgehead atoms. The molecule has 1 aromatic rings. The quantitative estimate of drug-likeness (QED) is 0.928. The van der Waals surface area contributed by atoms with Crippen LogP contribution in [0, 0.1) is 5.92 Å². The van der Waals surface area contributed by atoms with Gasteiger partial charge in [0.2, 0.25) is 5.91 Å². The van der Waals surface area contributed by atoms with E-state index in [9.17, 15) is 4.79 Å². The Morgan fingerprint density at radius 3 is 2.74 bits per heavy atom. The Bertz CT molecular complexity index is 536. The first-order chi connectivity index (χ1) is 11.1. The van der Waals surface area contributed by atoms with Crippen molar-refractivity contribution in [2.75, 3.05) is 19.6 Å². The summed E-state index contributed by atoms with van der Waals surface area (Å²) in [7, 11) is 0. The summed E-state index contributed by atoms with van der Waals surface area (Å²) in [6, 6.07) is 8.77. The molecule has 0 unspecified atom stereocenters. The highest BCUT2D eigenvalue weighted by Crippen LogP contribution is 2.27. The average Bonchev–Trinajstić information content (AvgIpc) is 2.59. The van der Waals surface area contributed by atoms with Gasteiger partial charge >= 0.3 is 0 Å². The lowest BCUT2D eigenvalue weighted by Gasteiger charge is -2.34. The lowest BCUT2D eigenvalue weighted by atomic mass is 9.95. The number of hydrogen-bond acceptors (Lipinski definition) is 3. The maximum atomic E-state index is 12.4. The Morgan fingerprint density at radius 1 is 1.26 bits per heavy atom. The van der Waals surface area contributed by atoms with Crippen LogP contribution in [0.3, 0.4) is 0 Å². The van der Waals surface area contributed by atoms with Crippen molar-refractivity contribution < 1.29 is 9.53 Å². The number of nitrogens with one attached hydrogen (secondary N) is 1. The number of hydrogen-bond donors (Lipinski definition) is 1. The first kappa shape index (κ1) is 16.3. The summed E-state index contributed by atoms with van der Waals surface area (Å²) >= 11 is 0. The molecule has 0 saturated carbocycles. The minimum atomic E-state index is 0.101. The number of rotatable bonds is 4. The highest BCUT2D eigenvalue weighted by molar-refractivity contribution is 5.78. The van der Waals surface area contributed by atoms with Gasteiger partial charge in [-0.25, -0.2) is 0 Å². The molecule has 2 aliphatic rings. The molecule has 4 nitrogen and oxygen atoms in total. The van der Waals surface area contributed by atoms with E-state index in [4.69, 9.17) is 4.74 Å². The summed E-state index contributed by atoms with van der Waals surface area (Å²) in [4.78, 5) is 14.8. The Hall–Kier alpha value is -1.55. The van der Waals surface area contributed by atoms with Gasteiger partial charge in [-0.15, -0.1) is 0 Å². The number of fused-ring (bicyclic) bond motifs is 1. The number of ether oxygens (including phenoxy) is 1. The Morgan fingerprint density at radius 2 is 2.00 bits per heavy atom. The topological polar surface area (TPSA) is 41.6 Å². The lowest BCUT2D eigenvalue weighted by Crippen LogP contribution is -2.45. The van der Waals surface area contributed by atoms with Gasteiger partial charge in [0.15, 0.2) is 0 Å². The smallest absolute Gasteiger partial charge is 0.223 e. The van der Waals surface area contributed by atoms with E-state index in [1.54, 1.807) is 0 Å². The molecule has 1 N–H and O–H groups in total. The van der Waals surface area contributed by atoms with Crippen molar-refractivity contribution in [3.63, 3.8) is 0 Å². The van der Waals surface area contributed by atoms with Gasteiger partial charge in [0.05, 0.1) is 6.54 Å². The summed E-state index contributed by atoms with van der Waals surface area (Å²) < 4.78 is 6.00. The minimum absolute atomic E-state index is 0.101. The number of para-hydroxylation sites is 1. The third-order valence-electron chi connectivity index (χ3n) is 5.14. The molecule has 1 saturated heterocycles. The number of aryl methyl sites for hydroxylation is 1. The zero-order valence-electron chi connectivity index (χ0n) is 14.3. The molecule has 0 aliphatic carbocycles. The van der Waals surface area contributed by atoms with Crippen LogP contribution >= 0.6 is 0 Å². The fraction of sp³-hybridized carbons (Fsp3) is 0.632. The number of benzene rings is 1. The third-order valence-corrected chi connectivity index (χ3v) is 5.14. The van der Waals surface area contributed by atoms with Gasteiger partial charge in [0.1, 0.15) is 11.9 Å². The molecule has 2 aliphatic heterocycles. The fourth-order valence-electron chi connectivity index (χ4n) is 3.56. The monoisotopic (exact) mass is 316 g/mol. The number of nitrogens with zero attached hydrogens (tertiary/aromatic N) is 1. The van der Waals surface area contributed by atoms with E-state index >= 15 is 0 Å². The first-order valence-electron chi connectivity index (χ1n) is 8.90. The van der Waals surface area contributed by atoms with Gasteiger partial charge in [-0.2, -0.15) is 0 Å². The van der Waals surface area contributed by atoms with Crippen LogP contribution in [0.15, 0.2) is 24.3 Å². The van der Waals surface area contributed by atoms with Crippen LogP contribution in [0.2, 0.25) is 0 Å². The fourth-order valence-corrected chi connectivity index (χ4v) is 3.56. The molecule has 1 amide bonds. The van der Waals surface area contributed by atoms with Crippen molar-refractivity contribution in [2.24, 2.45) is 5.92 Å². The molecule has 1 atom stereocenters. The Labute approximate surface area is 139 Å². The molecule has 23 heavy (non-hydrogen) atoms. The second kappa shape index (κ2) is 7.35. The molecule has 0 spiro atoms. The third kappa shape index (κ3) is 4.05. The van der Waals surface area contributed by atoms with Crippen LogP contribution in [0.25, 0.3) is 0 Å². The van der Waals surface area contributed by atoms with E-state index in [0.717, 1.165) is 44.5 Å². The van der Waals surface area contributed by atoms with Gasteiger partial charge in [-0.05, 0) is 64.3 Å². The second-order valence-electron chi connectivity index (χ2n) is 7.04. The molecule has 1 fully saturated rings. The average molecular weight is 316 g/mol. The summed E-state index contributed by atoms with van der Waals surface area (Å²) in [6.45, 7) is 7.13. The maximum absolute atomic E-state index is 12.4. The number of likely N-dealkylation sites (tertiary alicyclic amines) is 1. The number of carbonyl (C=O) groups excluding carboxylic acids is 1. The van der Waals surface area contributed by atoms with Crippen LogP contribution in [0.1, 0.15) is 38.7 Å². The van der Waals surface area contributed by atoms with E-state index in [2.05, 4.69) is 30.1 Å². The molecule has 1 aromatic carbocycles. The van der Waals surface area contributed by atoms with Crippen LogP contribution in [0.5, 0.6) is 5.75 Å². The minimum Gasteiger partial charge on any atom is -0.488 e. The van der Waals surface area contributed by atoms with Gasteiger partial charge in [-0.1, -0.05) is 18.2 Å². The molecule has 126 valence electrons. The maximum Gasteiger partial charge on any atom is 0.223 e. The van der Waals surface area contributed by atoms with Gasteiger partial charge in [0, 0.05) is 12.0 Å². The van der Waals surface area contributed by atoms with Crippen molar-refractivity contribution in [1.82, 2.24) is 10.2 Å². The standard InChI is InChI=1S/C19H28N2O2/c1-14(2)21-11-9-16(10-12-21)19(22)20-13-17-8-7-15-5-3-4-6-18(15)23-17/h3-6,14,16-17H,7-13H2,1-2H3,(H,20,22)/t17-/m1/s1. The molecular formula is C19H28N2O2. The highest BCUT2D eigenvalue weighted by atomic mass is 16.5. The molecular weight excluding hydrogens is 288 g/mol. The van der Waals surface area contributed by atoms with Crippen LogP contribution < -0.4 is 10.1 Å². The first-order valence-corrected chi connectivity index (χ1v) is 8.90. The van der Waals surface area contributed by atoms with E-state index in [1.165, 1.54) is 5.56 Å². The van der Waals surface area contributed by atoms with Crippen molar-refractivity contribution in [2.45, 2.75) is 51.7 Å². The van der Waals surface area contributed by atoms with E-state index in [-0.39, 0.29) is 17.9 Å². The van der Waals surface area contributed by atoms with Gasteiger partial charge in [-0.3, -0.25) is 4.79 Å².